The SMILES string of the molecule is CC(C)C(NC(=O)[C@@H]1CC[C@H](CN)O1)c1ccccc1.Cl. The van der Waals surface area contributed by atoms with Gasteiger partial charge in [0, 0.05) is 6.54 Å². The van der Waals surface area contributed by atoms with Crippen LogP contribution in [0.1, 0.15) is 38.3 Å². The van der Waals surface area contributed by atoms with E-state index in [9.17, 15) is 4.79 Å². The minimum Gasteiger partial charge on any atom is -0.364 e. The van der Waals surface area contributed by atoms with Crippen LogP contribution < -0.4 is 11.1 Å². The first-order valence-electron chi connectivity index (χ1n) is 7.32. The fourth-order valence-electron chi connectivity index (χ4n) is 2.61. The summed E-state index contributed by atoms with van der Waals surface area (Å²) in [5.41, 5.74) is 6.71. The molecule has 1 heterocycles. The van der Waals surface area contributed by atoms with Crippen molar-refractivity contribution in [3.05, 3.63) is 35.9 Å². The average molecular weight is 313 g/mol. The highest BCUT2D eigenvalue weighted by atomic mass is 35.5. The third-order valence-electron chi connectivity index (χ3n) is 3.79. The van der Waals surface area contributed by atoms with Crippen LogP contribution in [0.5, 0.6) is 0 Å². The molecule has 1 fully saturated rings. The number of carbonyl (C=O) groups excluding carboxylic acids is 1. The molecule has 0 saturated carbocycles. The summed E-state index contributed by atoms with van der Waals surface area (Å²) in [6.07, 6.45) is 1.30. The number of hydrogen-bond donors (Lipinski definition) is 2. The van der Waals surface area contributed by atoms with Crippen molar-refractivity contribution >= 4 is 18.3 Å². The van der Waals surface area contributed by atoms with E-state index < -0.39 is 0 Å². The lowest BCUT2D eigenvalue weighted by Crippen LogP contribution is -2.39. The number of rotatable bonds is 5. The Bertz CT molecular complexity index is 439. The predicted octanol–water partition coefficient (Wildman–Crippen LogP) is 2.43. The summed E-state index contributed by atoms with van der Waals surface area (Å²) in [6, 6.07) is 10.1. The summed E-state index contributed by atoms with van der Waals surface area (Å²) in [5, 5.41) is 3.11. The maximum absolute atomic E-state index is 12.3. The summed E-state index contributed by atoms with van der Waals surface area (Å²) in [4.78, 5) is 12.3. The Labute approximate surface area is 132 Å². The number of hydrogen-bond acceptors (Lipinski definition) is 3. The molecule has 21 heavy (non-hydrogen) atoms. The highest BCUT2D eigenvalue weighted by Gasteiger charge is 2.31. The van der Waals surface area contributed by atoms with Gasteiger partial charge in [-0.25, -0.2) is 0 Å². The maximum Gasteiger partial charge on any atom is 0.249 e. The van der Waals surface area contributed by atoms with E-state index in [2.05, 4.69) is 19.2 Å². The molecule has 0 aromatic heterocycles. The van der Waals surface area contributed by atoms with Crippen molar-refractivity contribution in [1.82, 2.24) is 5.32 Å². The molecule has 1 aliphatic rings. The molecule has 5 heteroatoms. The zero-order valence-electron chi connectivity index (χ0n) is 12.6. The molecule has 1 aromatic rings. The molecule has 0 spiro atoms. The Hall–Kier alpha value is -1.10. The second-order valence-electron chi connectivity index (χ2n) is 5.70. The largest absolute Gasteiger partial charge is 0.364 e. The van der Waals surface area contributed by atoms with E-state index in [4.69, 9.17) is 10.5 Å². The molecule has 1 saturated heterocycles. The molecule has 118 valence electrons. The molecule has 0 aliphatic carbocycles. The van der Waals surface area contributed by atoms with Gasteiger partial charge in [-0.1, -0.05) is 44.2 Å². The van der Waals surface area contributed by atoms with Gasteiger partial charge in [-0.3, -0.25) is 4.79 Å². The Morgan fingerprint density at radius 3 is 2.52 bits per heavy atom. The number of halogens is 1. The van der Waals surface area contributed by atoms with Crippen LogP contribution >= 0.6 is 12.4 Å². The Kier molecular flexibility index (Phi) is 7.15. The zero-order chi connectivity index (χ0) is 14.5. The molecule has 0 bridgehead atoms. The summed E-state index contributed by atoms with van der Waals surface area (Å²) in [5.74, 6) is 0.302. The van der Waals surface area contributed by atoms with E-state index in [-0.39, 0.29) is 36.6 Å². The average Bonchev–Trinajstić information content (AvgIpc) is 2.94. The van der Waals surface area contributed by atoms with Gasteiger partial charge in [0.15, 0.2) is 0 Å². The number of nitrogens with two attached hydrogens (primary N) is 1. The molecular formula is C16H25ClN2O2. The molecule has 1 aromatic carbocycles. The fraction of sp³-hybridized carbons (Fsp3) is 0.562. The van der Waals surface area contributed by atoms with Gasteiger partial charge in [0.1, 0.15) is 6.10 Å². The number of carbonyl (C=O) groups is 1. The van der Waals surface area contributed by atoms with Crippen LogP contribution in [0.4, 0.5) is 0 Å². The first-order chi connectivity index (χ1) is 9.61. The van der Waals surface area contributed by atoms with Crippen molar-refractivity contribution in [2.24, 2.45) is 11.7 Å². The van der Waals surface area contributed by atoms with E-state index in [0.29, 0.717) is 12.5 Å². The monoisotopic (exact) mass is 312 g/mol. The normalized spacial score (nSPS) is 22.7. The Morgan fingerprint density at radius 2 is 2.00 bits per heavy atom. The van der Waals surface area contributed by atoms with Gasteiger partial charge < -0.3 is 15.8 Å². The van der Waals surface area contributed by atoms with Crippen molar-refractivity contribution in [2.75, 3.05) is 6.54 Å². The second-order valence-corrected chi connectivity index (χ2v) is 5.70. The topological polar surface area (TPSA) is 64.4 Å². The number of nitrogens with one attached hydrogen (secondary N) is 1. The summed E-state index contributed by atoms with van der Waals surface area (Å²) >= 11 is 0. The molecule has 1 unspecified atom stereocenters. The number of ether oxygens (including phenoxy) is 1. The Morgan fingerprint density at radius 1 is 1.33 bits per heavy atom. The van der Waals surface area contributed by atoms with Crippen molar-refractivity contribution in [3.63, 3.8) is 0 Å². The molecule has 3 atom stereocenters. The van der Waals surface area contributed by atoms with Crippen molar-refractivity contribution in [2.45, 2.75) is 44.9 Å². The third-order valence-corrected chi connectivity index (χ3v) is 3.79. The molecule has 1 aliphatic heterocycles. The standard InChI is InChI=1S/C16H24N2O2.ClH/c1-11(2)15(12-6-4-3-5-7-12)18-16(19)14-9-8-13(10-17)20-14;/h3-7,11,13-15H,8-10,17H2,1-2H3,(H,18,19);1H/t13-,14+,15?;/m1./s1. The van der Waals surface area contributed by atoms with Gasteiger partial charge in [-0.05, 0) is 24.3 Å². The van der Waals surface area contributed by atoms with Crippen molar-refractivity contribution in [1.29, 1.82) is 0 Å². The minimum atomic E-state index is -0.353. The highest BCUT2D eigenvalue weighted by molar-refractivity contribution is 5.85. The van der Waals surface area contributed by atoms with Crippen LogP contribution in [0.3, 0.4) is 0 Å². The third kappa shape index (κ3) is 4.70. The van der Waals surface area contributed by atoms with Crippen LogP contribution in [0, 0.1) is 5.92 Å². The number of benzene rings is 1. The van der Waals surface area contributed by atoms with E-state index in [1.54, 1.807) is 0 Å². The van der Waals surface area contributed by atoms with Crippen LogP contribution in [0.2, 0.25) is 0 Å². The molecule has 1 amide bonds. The van der Waals surface area contributed by atoms with Gasteiger partial charge in [0.2, 0.25) is 5.91 Å². The smallest absolute Gasteiger partial charge is 0.249 e. The lowest BCUT2D eigenvalue weighted by Gasteiger charge is -2.24. The fourth-order valence-corrected chi connectivity index (χ4v) is 2.61. The van der Waals surface area contributed by atoms with Gasteiger partial charge in [0.05, 0.1) is 12.1 Å². The first kappa shape index (κ1) is 18.0. The molecule has 2 rings (SSSR count). The molecule has 4 nitrogen and oxygen atoms in total. The van der Waals surface area contributed by atoms with E-state index in [1.807, 2.05) is 30.3 Å². The Balaban J connectivity index is 0.00000220. The maximum atomic E-state index is 12.3. The second kappa shape index (κ2) is 8.37. The zero-order valence-corrected chi connectivity index (χ0v) is 13.4. The quantitative estimate of drug-likeness (QED) is 0.877. The van der Waals surface area contributed by atoms with Gasteiger partial charge in [0.25, 0.3) is 0 Å². The van der Waals surface area contributed by atoms with E-state index in [0.717, 1.165) is 18.4 Å². The lowest BCUT2D eigenvalue weighted by molar-refractivity contribution is -0.133. The van der Waals surface area contributed by atoms with E-state index in [1.165, 1.54) is 0 Å². The highest BCUT2D eigenvalue weighted by Crippen LogP contribution is 2.24. The molecular weight excluding hydrogens is 288 g/mol. The van der Waals surface area contributed by atoms with E-state index >= 15 is 0 Å². The summed E-state index contributed by atoms with van der Waals surface area (Å²) in [6.45, 7) is 4.70. The van der Waals surface area contributed by atoms with Gasteiger partial charge in [-0.15, -0.1) is 12.4 Å². The minimum absolute atomic E-state index is 0. The summed E-state index contributed by atoms with van der Waals surface area (Å²) < 4.78 is 5.65. The van der Waals surface area contributed by atoms with Crippen molar-refractivity contribution in [3.8, 4) is 0 Å². The molecule has 3 N–H and O–H groups in total. The van der Waals surface area contributed by atoms with Crippen LogP contribution in [-0.4, -0.2) is 24.7 Å². The van der Waals surface area contributed by atoms with Gasteiger partial charge in [-0.2, -0.15) is 0 Å². The summed E-state index contributed by atoms with van der Waals surface area (Å²) in [7, 11) is 0. The van der Waals surface area contributed by atoms with Gasteiger partial charge >= 0.3 is 0 Å². The van der Waals surface area contributed by atoms with Crippen LogP contribution in [0.25, 0.3) is 0 Å². The van der Waals surface area contributed by atoms with Crippen molar-refractivity contribution < 1.29 is 9.53 Å². The first-order valence-corrected chi connectivity index (χ1v) is 7.32. The predicted molar refractivity (Wildman–Crippen MR) is 86.4 cm³/mol. The molecule has 0 radical (unpaired) electrons. The number of amides is 1. The van der Waals surface area contributed by atoms with Crippen LogP contribution in [-0.2, 0) is 9.53 Å². The van der Waals surface area contributed by atoms with Crippen LogP contribution in [0.15, 0.2) is 30.3 Å². The lowest BCUT2D eigenvalue weighted by atomic mass is 9.95.